The van der Waals surface area contributed by atoms with Gasteiger partial charge in [-0.05, 0) is 42.3 Å². The molecule has 0 atom stereocenters. The molecule has 0 unspecified atom stereocenters. The fraction of sp³-hybridized carbons (Fsp3) is 0.316. The Bertz CT molecular complexity index is 838. The lowest BCUT2D eigenvalue weighted by Gasteiger charge is -2.11. The maximum atomic E-state index is 12.7. The van der Waals surface area contributed by atoms with Crippen LogP contribution in [0.4, 0.5) is 29.5 Å². The third-order valence-corrected chi connectivity index (χ3v) is 3.75. The van der Waals surface area contributed by atoms with Crippen molar-refractivity contribution >= 4 is 23.4 Å². The van der Waals surface area contributed by atoms with Crippen molar-refractivity contribution in [2.45, 2.75) is 26.4 Å². The minimum atomic E-state index is -4.47. The Morgan fingerprint density at radius 1 is 1.11 bits per heavy atom. The molecular formula is C19H21F3N4O2. The second kappa shape index (κ2) is 9.20. The number of aromatic nitrogens is 1. The fourth-order valence-corrected chi connectivity index (χ4v) is 2.24. The highest BCUT2D eigenvalue weighted by atomic mass is 19.4. The first-order valence-corrected chi connectivity index (χ1v) is 8.63. The Morgan fingerprint density at radius 2 is 1.86 bits per heavy atom. The second-order valence-electron chi connectivity index (χ2n) is 6.40. The molecule has 1 heterocycles. The molecule has 0 aliphatic rings. The number of hydrogen-bond acceptors (Lipinski definition) is 3. The highest BCUT2D eigenvalue weighted by Gasteiger charge is 2.30. The molecule has 0 aliphatic heterocycles. The lowest BCUT2D eigenvalue weighted by atomic mass is 10.2. The number of nitrogens with one attached hydrogen (secondary N) is 3. The van der Waals surface area contributed by atoms with Crippen molar-refractivity contribution < 1.29 is 22.8 Å². The van der Waals surface area contributed by atoms with Gasteiger partial charge in [0.2, 0.25) is 5.91 Å². The first-order valence-electron chi connectivity index (χ1n) is 8.63. The van der Waals surface area contributed by atoms with Crippen LogP contribution in [0.5, 0.6) is 0 Å². The van der Waals surface area contributed by atoms with Gasteiger partial charge in [-0.1, -0.05) is 19.9 Å². The van der Waals surface area contributed by atoms with Crippen LogP contribution in [0, 0.1) is 5.92 Å². The van der Waals surface area contributed by atoms with Crippen LogP contribution >= 0.6 is 0 Å². The van der Waals surface area contributed by atoms with Gasteiger partial charge in [0.15, 0.2) is 0 Å². The summed E-state index contributed by atoms with van der Waals surface area (Å²) in [4.78, 5) is 27.6. The molecule has 9 heteroatoms. The monoisotopic (exact) mass is 394 g/mol. The minimum absolute atomic E-state index is 0.0509. The van der Waals surface area contributed by atoms with Crippen LogP contribution in [0.3, 0.4) is 0 Å². The number of alkyl halides is 3. The van der Waals surface area contributed by atoms with Gasteiger partial charge in [0, 0.05) is 24.3 Å². The van der Waals surface area contributed by atoms with Crippen molar-refractivity contribution in [1.82, 2.24) is 10.3 Å². The van der Waals surface area contributed by atoms with Gasteiger partial charge in [0.1, 0.15) is 5.82 Å². The summed E-state index contributed by atoms with van der Waals surface area (Å²) in [5.41, 5.74) is 0.0569. The Kier molecular flexibility index (Phi) is 6.97. The average molecular weight is 394 g/mol. The maximum absolute atomic E-state index is 12.7. The Hall–Kier alpha value is -3.10. The summed E-state index contributed by atoms with van der Waals surface area (Å²) in [7, 11) is 0. The van der Waals surface area contributed by atoms with Gasteiger partial charge in [-0.2, -0.15) is 13.2 Å². The number of urea groups is 1. The molecule has 3 N–H and O–H groups in total. The molecule has 0 spiro atoms. The molecule has 0 radical (unpaired) electrons. The summed E-state index contributed by atoms with van der Waals surface area (Å²) in [6, 6.07) is 7.24. The number of carbonyl (C=O) groups is 2. The van der Waals surface area contributed by atoms with E-state index < -0.39 is 17.8 Å². The van der Waals surface area contributed by atoms with Gasteiger partial charge in [0.25, 0.3) is 0 Å². The lowest BCUT2D eigenvalue weighted by Crippen LogP contribution is -2.30. The number of rotatable bonds is 6. The van der Waals surface area contributed by atoms with Gasteiger partial charge in [-0.25, -0.2) is 9.78 Å². The third kappa shape index (κ3) is 6.57. The van der Waals surface area contributed by atoms with E-state index in [9.17, 15) is 22.8 Å². The summed E-state index contributed by atoms with van der Waals surface area (Å²) < 4.78 is 38.1. The first kappa shape index (κ1) is 21.2. The van der Waals surface area contributed by atoms with Crippen LogP contribution in [-0.2, 0) is 17.4 Å². The normalized spacial score (nSPS) is 11.2. The summed E-state index contributed by atoms with van der Waals surface area (Å²) in [6.45, 7) is 3.80. The van der Waals surface area contributed by atoms with Gasteiger partial charge in [0.05, 0.1) is 5.56 Å². The summed E-state index contributed by atoms with van der Waals surface area (Å²) in [5, 5.41) is 7.64. The van der Waals surface area contributed by atoms with E-state index >= 15 is 0 Å². The predicted octanol–water partition coefficient (Wildman–Crippen LogP) is 4.06. The fourth-order valence-electron chi connectivity index (χ4n) is 2.24. The average Bonchev–Trinajstić information content (AvgIpc) is 2.61. The van der Waals surface area contributed by atoms with E-state index in [1.165, 1.54) is 12.1 Å². The lowest BCUT2D eigenvalue weighted by molar-refractivity contribution is -0.137. The van der Waals surface area contributed by atoms with E-state index in [2.05, 4.69) is 20.9 Å². The number of halogens is 3. The zero-order chi connectivity index (χ0) is 20.7. The summed E-state index contributed by atoms with van der Waals surface area (Å²) in [5.74, 6) is 0.0968. The second-order valence-corrected chi connectivity index (χ2v) is 6.40. The van der Waals surface area contributed by atoms with E-state index in [1.54, 1.807) is 32.2 Å². The molecule has 6 nitrogen and oxygen atoms in total. The topological polar surface area (TPSA) is 83.1 Å². The molecule has 0 fully saturated rings. The van der Waals surface area contributed by atoms with Crippen molar-refractivity contribution in [2.24, 2.45) is 5.92 Å². The van der Waals surface area contributed by atoms with Crippen LogP contribution in [-0.4, -0.2) is 23.5 Å². The number of hydrogen-bond donors (Lipinski definition) is 3. The maximum Gasteiger partial charge on any atom is 0.416 e. The van der Waals surface area contributed by atoms with Gasteiger partial charge >= 0.3 is 12.2 Å². The summed E-state index contributed by atoms with van der Waals surface area (Å²) in [6.07, 6.45) is -2.46. The SMILES string of the molecule is CC(C)C(=O)Nc1cc(CCNC(=O)Nc2cccc(C(F)(F)F)c2)ccn1. The highest BCUT2D eigenvalue weighted by molar-refractivity contribution is 5.91. The van der Waals surface area contributed by atoms with E-state index in [0.29, 0.717) is 12.2 Å². The highest BCUT2D eigenvalue weighted by Crippen LogP contribution is 2.30. The van der Waals surface area contributed by atoms with Crippen LogP contribution in [0.25, 0.3) is 0 Å². The van der Waals surface area contributed by atoms with E-state index in [-0.39, 0.29) is 24.1 Å². The quantitative estimate of drug-likeness (QED) is 0.691. The van der Waals surface area contributed by atoms with Crippen LogP contribution in [0.1, 0.15) is 25.0 Å². The number of pyridine rings is 1. The zero-order valence-corrected chi connectivity index (χ0v) is 15.4. The number of carbonyl (C=O) groups excluding carboxylic acids is 2. The number of benzene rings is 1. The molecule has 2 rings (SSSR count). The van der Waals surface area contributed by atoms with E-state index in [0.717, 1.165) is 17.7 Å². The van der Waals surface area contributed by atoms with Crippen molar-refractivity contribution in [3.8, 4) is 0 Å². The number of amides is 3. The van der Waals surface area contributed by atoms with E-state index in [1.807, 2.05) is 0 Å². The number of anilines is 2. The minimum Gasteiger partial charge on any atom is -0.338 e. The molecule has 0 aliphatic carbocycles. The molecule has 0 saturated carbocycles. The molecule has 150 valence electrons. The van der Waals surface area contributed by atoms with Crippen molar-refractivity contribution in [2.75, 3.05) is 17.2 Å². The molecular weight excluding hydrogens is 373 g/mol. The van der Waals surface area contributed by atoms with E-state index in [4.69, 9.17) is 0 Å². The van der Waals surface area contributed by atoms with Crippen molar-refractivity contribution in [3.05, 3.63) is 53.7 Å². The largest absolute Gasteiger partial charge is 0.416 e. The molecule has 1 aromatic carbocycles. The smallest absolute Gasteiger partial charge is 0.338 e. The number of nitrogens with zero attached hydrogens (tertiary/aromatic N) is 1. The molecule has 1 aromatic heterocycles. The Labute approximate surface area is 160 Å². The van der Waals surface area contributed by atoms with Gasteiger partial charge in [-0.3, -0.25) is 4.79 Å². The molecule has 2 aromatic rings. The van der Waals surface area contributed by atoms with Crippen LogP contribution < -0.4 is 16.0 Å². The Morgan fingerprint density at radius 3 is 2.54 bits per heavy atom. The zero-order valence-electron chi connectivity index (χ0n) is 15.4. The van der Waals surface area contributed by atoms with Crippen molar-refractivity contribution in [1.29, 1.82) is 0 Å². The summed E-state index contributed by atoms with van der Waals surface area (Å²) >= 11 is 0. The van der Waals surface area contributed by atoms with Crippen LogP contribution in [0.2, 0.25) is 0 Å². The van der Waals surface area contributed by atoms with Gasteiger partial charge in [-0.15, -0.1) is 0 Å². The Balaban J connectivity index is 1.85. The third-order valence-electron chi connectivity index (χ3n) is 3.75. The standard InChI is InChI=1S/C19H21F3N4O2/c1-12(2)17(27)26-16-10-13(6-8-23-16)7-9-24-18(28)25-15-5-3-4-14(11-15)19(20,21)22/h3-6,8,10-12H,7,9H2,1-2H3,(H,23,26,27)(H2,24,25,28). The van der Waals surface area contributed by atoms with Crippen LogP contribution in [0.15, 0.2) is 42.6 Å². The molecule has 3 amide bonds. The van der Waals surface area contributed by atoms with Crippen molar-refractivity contribution in [3.63, 3.8) is 0 Å². The molecule has 0 bridgehead atoms. The molecule has 28 heavy (non-hydrogen) atoms. The first-order chi connectivity index (χ1) is 13.1. The van der Waals surface area contributed by atoms with Gasteiger partial charge < -0.3 is 16.0 Å². The predicted molar refractivity (Wildman–Crippen MR) is 99.9 cm³/mol. The molecule has 0 saturated heterocycles.